The largest absolute Gasteiger partial charge is 0.386 e. The van der Waals surface area contributed by atoms with Crippen LogP contribution in [0, 0.1) is 5.82 Å². The number of aromatic nitrogens is 1. The van der Waals surface area contributed by atoms with E-state index in [2.05, 4.69) is 5.32 Å². The summed E-state index contributed by atoms with van der Waals surface area (Å²) in [4.78, 5) is 12.0. The number of nitrogens with one attached hydrogen (secondary N) is 1. The van der Waals surface area contributed by atoms with Crippen molar-refractivity contribution in [1.82, 2.24) is 9.88 Å². The summed E-state index contributed by atoms with van der Waals surface area (Å²) in [5.41, 5.74) is 1.15. The number of halogens is 1. The number of hydrogen-bond donors (Lipinski definition) is 2. The fourth-order valence-corrected chi connectivity index (χ4v) is 2.55. The van der Waals surface area contributed by atoms with Gasteiger partial charge in [-0.15, -0.1) is 0 Å². The molecule has 1 aromatic heterocycles. The van der Waals surface area contributed by atoms with Gasteiger partial charge in [0.2, 0.25) is 5.91 Å². The average Bonchev–Trinajstić information content (AvgIpc) is 2.96. The number of para-hydroxylation sites is 1. The lowest BCUT2D eigenvalue weighted by atomic mass is 10.1. The zero-order valence-corrected chi connectivity index (χ0v) is 12.4. The highest BCUT2D eigenvalue weighted by atomic mass is 19.1. The van der Waals surface area contributed by atoms with Crippen molar-refractivity contribution in [1.29, 1.82) is 0 Å². The Kier molecular flexibility index (Phi) is 4.39. The first-order chi connectivity index (χ1) is 11.1. The molecular formula is C18H17FN2O2. The Balaban J connectivity index is 1.61. The van der Waals surface area contributed by atoms with Crippen molar-refractivity contribution in [3.05, 3.63) is 72.2 Å². The van der Waals surface area contributed by atoms with Crippen LogP contribution in [-0.4, -0.2) is 22.1 Å². The maximum Gasteiger partial charge on any atom is 0.240 e. The van der Waals surface area contributed by atoms with Crippen LogP contribution in [0.5, 0.6) is 0 Å². The molecular weight excluding hydrogens is 295 g/mol. The van der Waals surface area contributed by atoms with Crippen molar-refractivity contribution in [2.75, 3.05) is 6.54 Å². The lowest BCUT2D eigenvalue weighted by Crippen LogP contribution is -2.31. The van der Waals surface area contributed by atoms with E-state index in [1.165, 1.54) is 12.1 Å². The van der Waals surface area contributed by atoms with Crippen LogP contribution in [0.4, 0.5) is 4.39 Å². The molecule has 4 nitrogen and oxygen atoms in total. The summed E-state index contributed by atoms with van der Waals surface area (Å²) in [5.74, 6) is -0.715. The number of aliphatic hydroxyl groups excluding tert-OH is 1. The third-order valence-electron chi connectivity index (χ3n) is 3.75. The molecule has 3 aromatic rings. The Bertz CT molecular complexity index is 829. The van der Waals surface area contributed by atoms with Crippen LogP contribution < -0.4 is 5.32 Å². The second-order valence-corrected chi connectivity index (χ2v) is 5.34. The molecule has 0 aliphatic heterocycles. The van der Waals surface area contributed by atoms with Crippen molar-refractivity contribution in [3.8, 4) is 0 Å². The van der Waals surface area contributed by atoms with Gasteiger partial charge in [-0.05, 0) is 23.6 Å². The van der Waals surface area contributed by atoms with Crippen LogP contribution in [0.25, 0.3) is 10.9 Å². The first-order valence-corrected chi connectivity index (χ1v) is 7.38. The minimum atomic E-state index is -1.07. The Morgan fingerprint density at radius 3 is 2.70 bits per heavy atom. The molecule has 2 aromatic carbocycles. The molecule has 23 heavy (non-hydrogen) atoms. The number of rotatable bonds is 5. The first-order valence-electron chi connectivity index (χ1n) is 7.38. The van der Waals surface area contributed by atoms with Gasteiger partial charge in [0.1, 0.15) is 12.4 Å². The lowest BCUT2D eigenvalue weighted by Gasteiger charge is -2.13. The van der Waals surface area contributed by atoms with Gasteiger partial charge in [-0.1, -0.05) is 36.4 Å². The van der Waals surface area contributed by atoms with E-state index < -0.39 is 11.9 Å². The number of amides is 1. The fraction of sp³-hybridized carbons (Fsp3) is 0.167. The predicted octanol–water partition coefficient (Wildman–Crippen LogP) is 2.63. The van der Waals surface area contributed by atoms with Gasteiger partial charge < -0.3 is 15.0 Å². The number of aliphatic hydroxyl groups is 1. The quantitative estimate of drug-likeness (QED) is 0.761. The standard InChI is InChI=1S/C18H17FN2O2/c19-15-7-3-2-6-14(15)17(22)11-20-18(23)12-21-10-9-13-5-1-4-8-16(13)21/h1-10,17,22H,11-12H2,(H,20,23). The predicted molar refractivity (Wildman–Crippen MR) is 86.3 cm³/mol. The normalized spacial score (nSPS) is 12.3. The van der Waals surface area contributed by atoms with Gasteiger partial charge in [0.25, 0.3) is 0 Å². The zero-order chi connectivity index (χ0) is 16.2. The maximum absolute atomic E-state index is 13.6. The Hall–Kier alpha value is -2.66. The van der Waals surface area contributed by atoms with Crippen LogP contribution in [0.2, 0.25) is 0 Å². The number of carbonyl (C=O) groups excluding carboxylic acids is 1. The van der Waals surface area contributed by atoms with Crippen molar-refractivity contribution < 1.29 is 14.3 Å². The summed E-state index contributed by atoms with van der Waals surface area (Å²) in [7, 11) is 0. The van der Waals surface area contributed by atoms with Crippen molar-refractivity contribution in [3.63, 3.8) is 0 Å². The van der Waals surface area contributed by atoms with Gasteiger partial charge >= 0.3 is 0 Å². The van der Waals surface area contributed by atoms with E-state index in [0.29, 0.717) is 0 Å². The summed E-state index contributed by atoms with van der Waals surface area (Å²) in [6.07, 6.45) is 0.777. The van der Waals surface area contributed by atoms with Gasteiger partial charge in [-0.3, -0.25) is 4.79 Å². The first kappa shape index (κ1) is 15.2. The number of carbonyl (C=O) groups is 1. The highest BCUT2D eigenvalue weighted by Crippen LogP contribution is 2.16. The van der Waals surface area contributed by atoms with E-state index in [0.717, 1.165) is 10.9 Å². The molecule has 1 amide bonds. The van der Waals surface area contributed by atoms with Crippen molar-refractivity contribution in [2.24, 2.45) is 0 Å². The molecule has 1 heterocycles. The molecule has 0 saturated heterocycles. The molecule has 0 fully saturated rings. The summed E-state index contributed by atoms with van der Waals surface area (Å²) in [6, 6.07) is 15.7. The Morgan fingerprint density at radius 1 is 1.13 bits per heavy atom. The SMILES string of the molecule is O=C(Cn1ccc2ccccc21)NCC(O)c1ccccc1F. The van der Waals surface area contributed by atoms with Crippen molar-refractivity contribution in [2.45, 2.75) is 12.6 Å². The van der Waals surface area contributed by atoms with E-state index >= 15 is 0 Å². The van der Waals surface area contributed by atoms with Crippen LogP contribution in [-0.2, 0) is 11.3 Å². The molecule has 1 unspecified atom stereocenters. The average molecular weight is 312 g/mol. The topological polar surface area (TPSA) is 54.3 Å². The third kappa shape index (κ3) is 3.40. The van der Waals surface area contributed by atoms with Gasteiger partial charge in [0.05, 0.1) is 6.10 Å². The molecule has 3 rings (SSSR count). The molecule has 0 bridgehead atoms. The van der Waals surface area contributed by atoms with Gasteiger partial charge in [-0.25, -0.2) is 4.39 Å². The second kappa shape index (κ2) is 6.62. The summed E-state index contributed by atoms with van der Waals surface area (Å²) in [5, 5.41) is 13.7. The molecule has 0 spiro atoms. The maximum atomic E-state index is 13.6. The van der Waals surface area contributed by atoms with E-state index in [1.807, 2.05) is 41.1 Å². The summed E-state index contributed by atoms with van der Waals surface area (Å²) in [6.45, 7) is 0.122. The monoisotopic (exact) mass is 312 g/mol. The van der Waals surface area contributed by atoms with Crippen LogP contribution >= 0.6 is 0 Å². The lowest BCUT2D eigenvalue weighted by molar-refractivity contribution is -0.122. The van der Waals surface area contributed by atoms with E-state index in [4.69, 9.17) is 0 Å². The molecule has 118 valence electrons. The molecule has 2 N–H and O–H groups in total. The molecule has 0 saturated carbocycles. The minimum Gasteiger partial charge on any atom is -0.386 e. The third-order valence-corrected chi connectivity index (χ3v) is 3.75. The van der Waals surface area contributed by atoms with E-state index in [9.17, 15) is 14.3 Å². The number of nitrogens with zero attached hydrogens (tertiary/aromatic N) is 1. The molecule has 0 radical (unpaired) electrons. The Morgan fingerprint density at radius 2 is 1.87 bits per heavy atom. The number of fused-ring (bicyclic) bond motifs is 1. The Labute approximate surface area is 133 Å². The zero-order valence-electron chi connectivity index (χ0n) is 12.4. The van der Waals surface area contributed by atoms with Crippen LogP contribution in [0.3, 0.4) is 0 Å². The highest BCUT2D eigenvalue weighted by Gasteiger charge is 2.13. The molecule has 0 aliphatic carbocycles. The number of benzene rings is 2. The van der Waals surface area contributed by atoms with Crippen LogP contribution in [0.15, 0.2) is 60.8 Å². The highest BCUT2D eigenvalue weighted by molar-refractivity contribution is 5.83. The molecule has 1 atom stereocenters. The molecule has 0 aliphatic rings. The van der Waals surface area contributed by atoms with Gasteiger partial charge in [0.15, 0.2) is 0 Å². The number of hydrogen-bond acceptors (Lipinski definition) is 2. The van der Waals surface area contributed by atoms with E-state index in [-0.39, 0.29) is 24.6 Å². The minimum absolute atomic E-state index is 0.0288. The smallest absolute Gasteiger partial charge is 0.240 e. The van der Waals surface area contributed by atoms with Crippen LogP contribution in [0.1, 0.15) is 11.7 Å². The molecule has 5 heteroatoms. The van der Waals surface area contributed by atoms with Crippen molar-refractivity contribution >= 4 is 16.8 Å². The van der Waals surface area contributed by atoms with Gasteiger partial charge in [0, 0.05) is 23.8 Å². The second-order valence-electron chi connectivity index (χ2n) is 5.34. The summed E-state index contributed by atoms with van der Waals surface area (Å²) >= 11 is 0. The van der Waals surface area contributed by atoms with Gasteiger partial charge in [-0.2, -0.15) is 0 Å². The summed E-state index contributed by atoms with van der Waals surface area (Å²) < 4.78 is 15.4. The fourth-order valence-electron chi connectivity index (χ4n) is 2.55. The van der Waals surface area contributed by atoms with E-state index in [1.54, 1.807) is 12.1 Å².